The number of unbranched alkanes of at least 4 members (excludes halogenated alkanes) is 41. The van der Waals surface area contributed by atoms with Crippen LogP contribution in [0.5, 0.6) is 0 Å². The Hall–Kier alpha value is -3.41. The van der Waals surface area contributed by atoms with Crippen LogP contribution >= 0.6 is 0 Å². The maximum atomic E-state index is 12.9. The largest absolute Gasteiger partial charge is 0.462 e. The molecule has 480 valence electrons. The van der Waals surface area contributed by atoms with E-state index in [1.807, 2.05) is 0 Å². The minimum absolute atomic E-state index is 0.0701. The van der Waals surface area contributed by atoms with Crippen LogP contribution in [-0.4, -0.2) is 37.2 Å². The summed E-state index contributed by atoms with van der Waals surface area (Å²) < 4.78 is 16.9. The van der Waals surface area contributed by atoms with Crippen LogP contribution in [0, 0.1) is 0 Å². The van der Waals surface area contributed by atoms with Gasteiger partial charge in [0.1, 0.15) is 13.2 Å². The van der Waals surface area contributed by atoms with E-state index in [2.05, 4.69) is 106 Å². The summed E-state index contributed by atoms with van der Waals surface area (Å²) in [7, 11) is 0. The fourth-order valence-electron chi connectivity index (χ4n) is 10.5. The summed E-state index contributed by atoms with van der Waals surface area (Å²) in [6.07, 6.45) is 95.0. The number of hydrogen-bond donors (Lipinski definition) is 0. The molecule has 0 rings (SSSR count). The highest BCUT2D eigenvalue weighted by Crippen LogP contribution is 2.18. The normalized spacial score (nSPS) is 12.6. The van der Waals surface area contributed by atoms with E-state index in [0.29, 0.717) is 19.3 Å². The monoisotopic (exact) mass is 1160 g/mol. The number of esters is 3. The number of rotatable bonds is 66. The zero-order valence-corrected chi connectivity index (χ0v) is 55.2. The molecular formula is C77H136O6. The molecule has 0 fully saturated rings. The van der Waals surface area contributed by atoms with Gasteiger partial charge in [0.15, 0.2) is 6.10 Å². The van der Waals surface area contributed by atoms with E-state index in [1.165, 1.54) is 225 Å². The van der Waals surface area contributed by atoms with Crippen molar-refractivity contribution in [1.29, 1.82) is 0 Å². The van der Waals surface area contributed by atoms with Gasteiger partial charge in [-0.2, -0.15) is 0 Å². The quantitative estimate of drug-likeness (QED) is 0.0261. The van der Waals surface area contributed by atoms with Crippen molar-refractivity contribution in [2.24, 2.45) is 0 Å². The molecule has 6 heteroatoms. The average Bonchev–Trinajstić information content (AvgIpc) is 3.49. The van der Waals surface area contributed by atoms with Crippen molar-refractivity contribution >= 4 is 17.9 Å². The van der Waals surface area contributed by atoms with Gasteiger partial charge in [-0.3, -0.25) is 14.4 Å². The first-order valence-corrected chi connectivity index (χ1v) is 36.1. The number of allylic oxidation sites excluding steroid dienone is 14. The predicted octanol–water partition coefficient (Wildman–Crippen LogP) is 25.0. The van der Waals surface area contributed by atoms with Crippen molar-refractivity contribution in [3.63, 3.8) is 0 Å². The summed E-state index contributed by atoms with van der Waals surface area (Å²) in [5.74, 6) is -0.854. The summed E-state index contributed by atoms with van der Waals surface area (Å²) in [5.41, 5.74) is 0. The molecule has 0 N–H and O–H groups in total. The lowest BCUT2D eigenvalue weighted by Crippen LogP contribution is -2.30. The Labute approximate surface area is 515 Å². The predicted molar refractivity (Wildman–Crippen MR) is 362 cm³/mol. The van der Waals surface area contributed by atoms with Crippen LogP contribution in [0.15, 0.2) is 85.1 Å². The molecular weight excluding hydrogens is 1020 g/mol. The molecule has 0 aromatic heterocycles. The van der Waals surface area contributed by atoms with Crippen molar-refractivity contribution in [3.8, 4) is 0 Å². The van der Waals surface area contributed by atoms with E-state index in [9.17, 15) is 14.4 Å². The topological polar surface area (TPSA) is 78.9 Å². The number of carbonyl (C=O) groups is 3. The highest BCUT2D eigenvalue weighted by atomic mass is 16.6. The van der Waals surface area contributed by atoms with Gasteiger partial charge in [-0.25, -0.2) is 0 Å². The van der Waals surface area contributed by atoms with Crippen molar-refractivity contribution in [2.75, 3.05) is 13.2 Å². The summed E-state index contributed by atoms with van der Waals surface area (Å²) in [6, 6.07) is 0. The SMILES string of the molecule is CC/C=C\C/C=C\C/C=C\C/C=C\C/C=C\C/C=C\C/C=C\CCCCCCCCCCCCCCCC(=O)OCC(COC(=O)CCCCCCCCCC)OC(=O)CCCCCCCCCCCCCCCCCCCCCCCC. The van der Waals surface area contributed by atoms with Crippen molar-refractivity contribution < 1.29 is 28.6 Å². The second-order valence-corrected chi connectivity index (χ2v) is 24.1. The van der Waals surface area contributed by atoms with Gasteiger partial charge >= 0.3 is 17.9 Å². The minimum atomic E-state index is -0.772. The first kappa shape index (κ1) is 79.6. The van der Waals surface area contributed by atoms with E-state index < -0.39 is 6.10 Å². The van der Waals surface area contributed by atoms with E-state index in [-0.39, 0.29) is 31.1 Å². The van der Waals surface area contributed by atoms with Gasteiger partial charge in [0, 0.05) is 19.3 Å². The molecule has 6 nitrogen and oxygen atoms in total. The highest BCUT2D eigenvalue weighted by Gasteiger charge is 2.19. The molecule has 0 heterocycles. The Morgan fingerprint density at radius 1 is 0.253 bits per heavy atom. The number of hydrogen-bond acceptors (Lipinski definition) is 6. The maximum absolute atomic E-state index is 12.9. The van der Waals surface area contributed by atoms with Gasteiger partial charge in [-0.05, 0) is 77.0 Å². The molecule has 1 unspecified atom stereocenters. The summed E-state index contributed by atoms with van der Waals surface area (Å²) in [5, 5.41) is 0. The van der Waals surface area contributed by atoms with Gasteiger partial charge in [-0.1, -0.05) is 356 Å². The summed E-state index contributed by atoms with van der Waals surface area (Å²) >= 11 is 0. The fraction of sp³-hybridized carbons (Fsp3) is 0.779. The van der Waals surface area contributed by atoms with Gasteiger partial charge in [0.05, 0.1) is 0 Å². The zero-order valence-electron chi connectivity index (χ0n) is 55.2. The third-order valence-electron chi connectivity index (χ3n) is 15.9. The molecule has 0 aliphatic heterocycles. The van der Waals surface area contributed by atoms with Crippen LogP contribution in [0.25, 0.3) is 0 Å². The van der Waals surface area contributed by atoms with E-state index >= 15 is 0 Å². The molecule has 0 aliphatic carbocycles. The molecule has 0 aromatic rings. The third-order valence-corrected chi connectivity index (χ3v) is 15.9. The smallest absolute Gasteiger partial charge is 0.306 e. The Morgan fingerprint density at radius 3 is 0.735 bits per heavy atom. The van der Waals surface area contributed by atoms with Crippen molar-refractivity contribution in [1.82, 2.24) is 0 Å². The van der Waals surface area contributed by atoms with E-state index in [0.717, 1.165) is 103 Å². The van der Waals surface area contributed by atoms with Crippen LogP contribution in [0.1, 0.15) is 367 Å². The molecule has 0 aromatic carbocycles. The lowest BCUT2D eigenvalue weighted by molar-refractivity contribution is -0.167. The van der Waals surface area contributed by atoms with Crippen LogP contribution in [0.3, 0.4) is 0 Å². The molecule has 0 saturated heterocycles. The van der Waals surface area contributed by atoms with Crippen LogP contribution < -0.4 is 0 Å². The molecule has 0 spiro atoms. The van der Waals surface area contributed by atoms with Crippen LogP contribution in [0.4, 0.5) is 0 Å². The zero-order chi connectivity index (χ0) is 59.9. The molecule has 0 bridgehead atoms. The molecule has 0 radical (unpaired) electrons. The van der Waals surface area contributed by atoms with Crippen LogP contribution in [-0.2, 0) is 28.6 Å². The van der Waals surface area contributed by atoms with Crippen LogP contribution in [0.2, 0.25) is 0 Å². The van der Waals surface area contributed by atoms with Crippen molar-refractivity contribution in [3.05, 3.63) is 85.1 Å². The Bertz CT molecular complexity index is 1570. The third kappa shape index (κ3) is 69.3. The summed E-state index contributed by atoms with van der Waals surface area (Å²) in [6.45, 7) is 6.55. The fourth-order valence-corrected chi connectivity index (χ4v) is 10.5. The Morgan fingerprint density at radius 2 is 0.470 bits per heavy atom. The van der Waals surface area contributed by atoms with Gasteiger partial charge in [0.25, 0.3) is 0 Å². The lowest BCUT2D eigenvalue weighted by Gasteiger charge is -2.18. The Balaban J connectivity index is 4.06. The van der Waals surface area contributed by atoms with E-state index in [4.69, 9.17) is 14.2 Å². The van der Waals surface area contributed by atoms with Crippen molar-refractivity contribution in [2.45, 2.75) is 374 Å². The highest BCUT2D eigenvalue weighted by molar-refractivity contribution is 5.71. The van der Waals surface area contributed by atoms with Gasteiger partial charge in [0.2, 0.25) is 0 Å². The second-order valence-electron chi connectivity index (χ2n) is 24.1. The number of ether oxygens (including phenoxy) is 3. The number of carbonyl (C=O) groups excluding carboxylic acids is 3. The minimum Gasteiger partial charge on any atom is -0.462 e. The molecule has 0 amide bonds. The van der Waals surface area contributed by atoms with E-state index in [1.54, 1.807) is 0 Å². The van der Waals surface area contributed by atoms with Gasteiger partial charge < -0.3 is 14.2 Å². The average molecular weight is 1160 g/mol. The second kappa shape index (κ2) is 71.1. The standard InChI is InChI=1S/C77H136O6/c1-4-7-10-13-16-19-21-23-25-27-29-31-33-34-35-36-37-38-39-40-41-42-43-44-45-47-48-50-52-54-56-58-61-64-67-70-76(79)82-73-74(72-81-75(78)69-66-63-60-18-15-12-9-6-3)83-77(80)71-68-65-62-59-57-55-53-51-49-46-32-30-28-26-24-22-20-17-14-11-8-5-2/h7,10,16,19,23,25,29,31,34-35,37-38,40-41,74H,4-6,8-9,11-15,17-18,20-22,24,26-28,30,32-33,36,39,42-73H2,1-3H3/b10-7-,19-16-,25-23-,31-29-,35-34-,38-37-,41-40-. The summed E-state index contributed by atoms with van der Waals surface area (Å²) in [4.78, 5) is 38.3. The first-order valence-electron chi connectivity index (χ1n) is 36.1. The molecule has 0 saturated carbocycles. The van der Waals surface area contributed by atoms with Gasteiger partial charge in [-0.15, -0.1) is 0 Å². The first-order chi connectivity index (χ1) is 41.0. The maximum Gasteiger partial charge on any atom is 0.306 e. The lowest BCUT2D eigenvalue weighted by atomic mass is 10.0. The molecule has 0 aliphatic rings. The molecule has 1 atom stereocenters. The molecule has 83 heavy (non-hydrogen) atoms. The Kier molecular flexibility index (Phi) is 68.2.